The molecule has 0 bridgehead atoms. The molecule has 2 aromatic carbocycles. The van der Waals surface area contributed by atoms with Crippen LogP contribution in [0.25, 0.3) is 10.8 Å². The topological polar surface area (TPSA) is 68.8 Å². The number of likely N-dealkylation sites (tertiary alicyclic amines) is 1. The first-order chi connectivity index (χ1) is 17.1. The zero-order valence-electron chi connectivity index (χ0n) is 20.3. The number of likely N-dealkylation sites (N-methyl/N-ethyl adjacent to an activating group) is 1. The molecular formula is C28H33N5O2. The number of hydrogen-bond acceptors (Lipinski definition) is 5. The van der Waals surface area contributed by atoms with Crippen LogP contribution in [-0.4, -0.2) is 72.9 Å². The lowest BCUT2D eigenvalue weighted by atomic mass is 9.94. The minimum atomic E-state index is -0.0656. The van der Waals surface area contributed by atoms with E-state index in [9.17, 15) is 9.59 Å². The lowest BCUT2D eigenvalue weighted by molar-refractivity contribution is -0.126. The number of piperazine rings is 1. The molecular weight excluding hydrogens is 438 g/mol. The van der Waals surface area contributed by atoms with Crippen LogP contribution in [0.1, 0.15) is 28.8 Å². The number of amides is 2. The molecule has 0 atom stereocenters. The van der Waals surface area contributed by atoms with Crippen molar-refractivity contribution in [2.75, 3.05) is 51.2 Å². The van der Waals surface area contributed by atoms with Gasteiger partial charge in [-0.1, -0.05) is 42.5 Å². The van der Waals surface area contributed by atoms with Crippen LogP contribution in [-0.2, 0) is 11.3 Å². The van der Waals surface area contributed by atoms with Crippen LogP contribution in [0, 0.1) is 5.92 Å². The highest BCUT2D eigenvalue weighted by Gasteiger charge is 2.28. The van der Waals surface area contributed by atoms with Gasteiger partial charge in [-0.25, -0.2) is 4.98 Å². The van der Waals surface area contributed by atoms with Crippen LogP contribution >= 0.6 is 0 Å². The van der Waals surface area contributed by atoms with Crippen LogP contribution in [0.15, 0.2) is 60.8 Å². The van der Waals surface area contributed by atoms with Gasteiger partial charge in [0.05, 0.1) is 0 Å². The summed E-state index contributed by atoms with van der Waals surface area (Å²) in [5, 5.41) is 5.12. The third kappa shape index (κ3) is 5.30. The van der Waals surface area contributed by atoms with E-state index >= 15 is 0 Å². The number of anilines is 1. The van der Waals surface area contributed by atoms with Crippen LogP contribution in [0.4, 0.5) is 5.82 Å². The highest BCUT2D eigenvalue weighted by atomic mass is 16.2. The van der Waals surface area contributed by atoms with E-state index in [4.69, 9.17) is 0 Å². The van der Waals surface area contributed by atoms with Gasteiger partial charge < -0.3 is 20.0 Å². The monoisotopic (exact) mass is 471 g/mol. The molecule has 7 heteroatoms. The number of carbonyl (C=O) groups is 2. The Morgan fingerprint density at radius 3 is 2.40 bits per heavy atom. The molecule has 3 aromatic rings. The zero-order chi connectivity index (χ0) is 24.2. The number of piperidine rings is 1. The van der Waals surface area contributed by atoms with Crippen molar-refractivity contribution < 1.29 is 9.59 Å². The second-order valence-corrected chi connectivity index (χ2v) is 9.63. The van der Waals surface area contributed by atoms with Crippen molar-refractivity contribution in [2.24, 2.45) is 5.92 Å². The Morgan fingerprint density at radius 2 is 1.66 bits per heavy atom. The maximum atomic E-state index is 13.2. The van der Waals surface area contributed by atoms with E-state index in [0.717, 1.165) is 53.9 Å². The van der Waals surface area contributed by atoms with Crippen molar-refractivity contribution in [2.45, 2.75) is 19.4 Å². The number of rotatable bonds is 5. The number of hydrogen-bond donors (Lipinski definition) is 1. The Bertz CT molecular complexity index is 1170. The molecule has 2 aliphatic rings. The molecule has 0 spiro atoms. The quantitative estimate of drug-likeness (QED) is 0.619. The van der Waals surface area contributed by atoms with Crippen molar-refractivity contribution in [3.63, 3.8) is 0 Å². The maximum absolute atomic E-state index is 13.2. The van der Waals surface area contributed by atoms with Gasteiger partial charge in [-0.15, -0.1) is 0 Å². The second kappa shape index (κ2) is 10.4. The van der Waals surface area contributed by atoms with E-state index < -0.39 is 0 Å². The molecule has 0 saturated carbocycles. The predicted octanol–water partition coefficient (Wildman–Crippen LogP) is 3.16. The van der Waals surface area contributed by atoms with Gasteiger partial charge in [0.15, 0.2) is 0 Å². The molecule has 2 fully saturated rings. The van der Waals surface area contributed by atoms with E-state index in [2.05, 4.69) is 27.1 Å². The van der Waals surface area contributed by atoms with Crippen LogP contribution < -0.4 is 10.2 Å². The smallest absolute Gasteiger partial charge is 0.254 e. The lowest BCUT2D eigenvalue weighted by Gasteiger charge is -2.33. The second-order valence-electron chi connectivity index (χ2n) is 9.63. The number of benzene rings is 2. The fourth-order valence-electron chi connectivity index (χ4n) is 5.00. The number of pyridine rings is 1. The average Bonchev–Trinajstić information content (AvgIpc) is 2.92. The normalized spacial score (nSPS) is 17.5. The average molecular weight is 472 g/mol. The van der Waals surface area contributed by atoms with E-state index in [1.165, 1.54) is 0 Å². The molecule has 0 radical (unpaired) electrons. The predicted molar refractivity (Wildman–Crippen MR) is 138 cm³/mol. The Hall–Kier alpha value is -3.45. The van der Waals surface area contributed by atoms with Crippen LogP contribution in [0.3, 0.4) is 0 Å². The van der Waals surface area contributed by atoms with Crippen molar-refractivity contribution >= 4 is 28.4 Å². The van der Waals surface area contributed by atoms with Gasteiger partial charge in [0, 0.05) is 63.5 Å². The Labute approximate surface area is 206 Å². The van der Waals surface area contributed by atoms with Crippen LogP contribution in [0.2, 0.25) is 0 Å². The summed E-state index contributed by atoms with van der Waals surface area (Å²) >= 11 is 0. The summed E-state index contributed by atoms with van der Waals surface area (Å²) in [6.45, 7) is 5.74. The summed E-state index contributed by atoms with van der Waals surface area (Å²) in [7, 11) is 2.14. The number of nitrogens with one attached hydrogen (secondary N) is 1. The van der Waals surface area contributed by atoms with E-state index in [1.807, 2.05) is 65.7 Å². The van der Waals surface area contributed by atoms with Gasteiger partial charge in [0.2, 0.25) is 5.91 Å². The van der Waals surface area contributed by atoms with Crippen LogP contribution in [0.5, 0.6) is 0 Å². The SMILES string of the molecule is CN1CCN(c2ccc(CNC(=O)C3CCN(C(=O)c4cccc5ccccc45)CC3)cn2)CC1. The summed E-state index contributed by atoms with van der Waals surface area (Å²) in [6, 6.07) is 17.9. The molecule has 7 nitrogen and oxygen atoms in total. The lowest BCUT2D eigenvalue weighted by Crippen LogP contribution is -2.44. The van der Waals surface area contributed by atoms with Crippen molar-refractivity contribution in [3.05, 3.63) is 71.9 Å². The number of fused-ring (bicyclic) bond motifs is 1. The van der Waals surface area contributed by atoms with Gasteiger partial charge in [-0.2, -0.15) is 0 Å². The zero-order valence-corrected chi connectivity index (χ0v) is 20.3. The highest BCUT2D eigenvalue weighted by molar-refractivity contribution is 6.07. The van der Waals surface area contributed by atoms with Gasteiger partial charge in [0.1, 0.15) is 5.82 Å². The van der Waals surface area contributed by atoms with E-state index in [0.29, 0.717) is 32.5 Å². The molecule has 35 heavy (non-hydrogen) atoms. The molecule has 0 aliphatic carbocycles. The fourth-order valence-corrected chi connectivity index (χ4v) is 5.00. The van der Waals surface area contributed by atoms with Gasteiger partial charge >= 0.3 is 0 Å². The molecule has 5 rings (SSSR count). The summed E-state index contributed by atoms with van der Waals surface area (Å²) in [5.74, 6) is 1.04. The number of carbonyl (C=O) groups excluding carboxylic acids is 2. The third-order valence-corrected chi connectivity index (χ3v) is 7.28. The first kappa shape index (κ1) is 23.3. The third-order valence-electron chi connectivity index (χ3n) is 7.28. The van der Waals surface area contributed by atoms with Gasteiger partial charge in [-0.05, 0) is 48.4 Å². The number of aromatic nitrogens is 1. The van der Waals surface area contributed by atoms with Crippen molar-refractivity contribution in [1.29, 1.82) is 0 Å². The summed E-state index contributed by atoms with van der Waals surface area (Å²) in [6.07, 6.45) is 3.23. The minimum Gasteiger partial charge on any atom is -0.354 e. The fraction of sp³-hybridized carbons (Fsp3) is 0.393. The van der Waals surface area contributed by atoms with E-state index in [-0.39, 0.29) is 17.7 Å². The highest BCUT2D eigenvalue weighted by Crippen LogP contribution is 2.24. The molecule has 2 aliphatic heterocycles. The number of nitrogens with zero attached hydrogens (tertiary/aromatic N) is 4. The van der Waals surface area contributed by atoms with Crippen molar-refractivity contribution in [1.82, 2.24) is 20.1 Å². The van der Waals surface area contributed by atoms with Gasteiger partial charge in [0.25, 0.3) is 5.91 Å². The molecule has 3 heterocycles. The molecule has 1 N–H and O–H groups in total. The first-order valence-corrected chi connectivity index (χ1v) is 12.5. The summed E-state index contributed by atoms with van der Waals surface area (Å²) in [4.78, 5) is 37.1. The first-order valence-electron chi connectivity index (χ1n) is 12.5. The van der Waals surface area contributed by atoms with Gasteiger partial charge in [-0.3, -0.25) is 9.59 Å². The summed E-state index contributed by atoms with van der Waals surface area (Å²) < 4.78 is 0. The Balaban J connectivity index is 1.11. The molecule has 182 valence electrons. The summed E-state index contributed by atoms with van der Waals surface area (Å²) in [5.41, 5.74) is 1.73. The molecule has 0 unspecified atom stereocenters. The van der Waals surface area contributed by atoms with Crippen molar-refractivity contribution in [3.8, 4) is 0 Å². The van der Waals surface area contributed by atoms with E-state index in [1.54, 1.807) is 0 Å². The molecule has 2 amide bonds. The Kier molecular flexibility index (Phi) is 6.95. The largest absolute Gasteiger partial charge is 0.354 e. The standard InChI is InChI=1S/C28H33N5O2/c1-31-15-17-32(18-16-31)26-10-9-21(19-29-26)20-30-27(34)23-11-13-33(14-12-23)28(35)25-8-4-6-22-5-2-3-7-24(22)25/h2-10,19,23H,11-18,20H2,1H3,(H,30,34). The molecule has 2 saturated heterocycles. The minimum absolute atomic E-state index is 0.0483. The maximum Gasteiger partial charge on any atom is 0.254 e. The molecule has 1 aromatic heterocycles. The Morgan fingerprint density at radius 1 is 0.914 bits per heavy atom.